The first kappa shape index (κ1) is 18.5. The fraction of sp³-hybridized carbons (Fsp3) is 0.444. The van der Waals surface area contributed by atoms with E-state index in [2.05, 4.69) is 10.4 Å². The Morgan fingerprint density at radius 1 is 1.33 bits per heavy atom. The lowest BCUT2D eigenvalue weighted by molar-refractivity contribution is -0.123. The van der Waals surface area contributed by atoms with Crippen molar-refractivity contribution in [3.8, 4) is 0 Å². The molecule has 1 aromatic carbocycles. The second kappa shape index (κ2) is 7.81. The van der Waals surface area contributed by atoms with Gasteiger partial charge < -0.3 is 10.4 Å². The van der Waals surface area contributed by atoms with Gasteiger partial charge in [0.2, 0.25) is 5.91 Å². The Balaban J connectivity index is 2.05. The summed E-state index contributed by atoms with van der Waals surface area (Å²) < 4.78 is 1.82. The first-order valence-electron chi connectivity index (χ1n) is 8.06. The summed E-state index contributed by atoms with van der Waals surface area (Å²) in [5.41, 5.74) is 3.68. The minimum Gasteiger partial charge on any atom is -0.388 e. The third-order valence-corrected chi connectivity index (χ3v) is 4.54. The van der Waals surface area contributed by atoms with E-state index in [9.17, 15) is 9.90 Å². The number of nitrogens with one attached hydrogen (secondary N) is 1. The molecule has 0 saturated heterocycles. The second-order valence-corrected chi connectivity index (χ2v) is 6.44. The Bertz CT molecular complexity index is 710. The number of carbonyl (C=O) groups excluding carboxylic acids is 1. The van der Waals surface area contributed by atoms with Crippen molar-refractivity contribution in [2.75, 3.05) is 0 Å². The molecule has 0 radical (unpaired) electrons. The highest BCUT2D eigenvalue weighted by atomic mass is 35.5. The highest BCUT2D eigenvalue weighted by Gasteiger charge is 2.22. The zero-order valence-electron chi connectivity index (χ0n) is 14.5. The van der Waals surface area contributed by atoms with Gasteiger partial charge in [0.05, 0.1) is 24.3 Å². The van der Waals surface area contributed by atoms with Crippen molar-refractivity contribution in [3.05, 3.63) is 51.8 Å². The maximum absolute atomic E-state index is 12.3. The normalized spacial score (nSPS) is 13.6. The zero-order valence-corrected chi connectivity index (χ0v) is 15.3. The van der Waals surface area contributed by atoms with E-state index in [0.29, 0.717) is 10.6 Å². The van der Waals surface area contributed by atoms with Gasteiger partial charge >= 0.3 is 0 Å². The summed E-state index contributed by atoms with van der Waals surface area (Å²) in [7, 11) is 1.89. The zero-order chi connectivity index (χ0) is 17.9. The molecule has 0 fully saturated rings. The van der Waals surface area contributed by atoms with Crippen molar-refractivity contribution in [2.45, 2.75) is 45.8 Å². The first-order valence-corrected chi connectivity index (χ1v) is 8.44. The van der Waals surface area contributed by atoms with Crippen molar-refractivity contribution in [1.29, 1.82) is 0 Å². The molecule has 0 spiro atoms. The third kappa shape index (κ3) is 4.16. The number of aromatic nitrogens is 2. The topological polar surface area (TPSA) is 67.2 Å². The fourth-order valence-electron chi connectivity index (χ4n) is 2.90. The molecular weight excluding hydrogens is 326 g/mol. The Labute approximate surface area is 147 Å². The predicted molar refractivity (Wildman–Crippen MR) is 94.9 cm³/mol. The van der Waals surface area contributed by atoms with Crippen molar-refractivity contribution in [1.82, 2.24) is 15.1 Å². The number of amides is 1. The molecule has 2 atom stereocenters. The van der Waals surface area contributed by atoms with E-state index in [0.717, 1.165) is 23.4 Å². The molecule has 1 aromatic heterocycles. The summed E-state index contributed by atoms with van der Waals surface area (Å²) in [4.78, 5) is 12.3. The average molecular weight is 350 g/mol. The molecule has 0 aliphatic carbocycles. The van der Waals surface area contributed by atoms with Crippen LogP contribution in [0.4, 0.5) is 0 Å². The van der Waals surface area contributed by atoms with Crippen LogP contribution in [0.1, 0.15) is 54.4 Å². The maximum atomic E-state index is 12.3. The smallest absolute Gasteiger partial charge is 0.223 e. The van der Waals surface area contributed by atoms with Crippen LogP contribution in [0.5, 0.6) is 0 Å². The maximum Gasteiger partial charge on any atom is 0.223 e. The van der Waals surface area contributed by atoms with Gasteiger partial charge in [-0.25, -0.2) is 0 Å². The lowest BCUT2D eigenvalue weighted by atomic mass is 10.0. The van der Waals surface area contributed by atoms with E-state index >= 15 is 0 Å². The highest BCUT2D eigenvalue weighted by molar-refractivity contribution is 6.30. The van der Waals surface area contributed by atoms with Crippen LogP contribution in [0, 0.1) is 13.8 Å². The molecule has 0 saturated carbocycles. The van der Waals surface area contributed by atoms with Crippen LogP contribution in [0.2, 0.25) is 5.02 Å². The molecule has 2 N–H and O–H groups in total. The number of halogens is 1. The van der Waals surface area contributed by atoms with Crippen molar-refractivity contribution < 1.29 is 9.90 Å². The second-order valence-electron chi connectivity index (χ2n) is 6.01. The summed E-state index contributed by atoms with van der Waals surface area (Å²) in [6.45, 7) is 5.96. The summed E-state index contributed by atoms with van der Waals surface area (Å²) in [6, 6.07) is 6.76. The number of aliphatic hydroxyl groups is 1. The Morgan fingerprint density at radius 2 is 1.96 bits per heavy atom. The first-order chi connectivity index (χ1) is 11.3. The van der Waals surface area contributed by atoms with Gasteiger partial charge in [-0.05, 0) is 38.0 Å². The summed E-state index contributed by atoms with van der Waals surface area (Å²) in [5.74, 6) is -0.188. The SMILES string of the molecule is CC[C@H](NC(=O)C[C@@H](O)c1ccc(Cl)cc1)c1c(C)nn(C)c1C. The van der Waals surface area contributed by atoms with Crippen LogP contribution >= 0.6 is 11.6 Å². The lowest BCUT2D eigenvalue weighted by Crippen LogP contribution is -2.30. The Hall–Kier alpha value is -1.85. The molecular formula is C18H24ClN3O2. The van der Waals surface area contributed by atoms with Crippen molar-refractivity contribution in [3.63, 3.8) is 0 Å². The van der Waals surface area contributed by atoms with Gasteiger partial charge in [-0.2, -0.15) is 5.10 Å². The molecule has 0 aliphatic rings. The molecule has 2 rings (SSSR count). The van der Waals surface area contributed by atoms with Gasteiger partial charge in [-0.15, -0.1) is 0 Å². The summed E-state index contributed by atoms with van der Waals surface area (Å²) in [6.07, 6.45) is -0.0806. The van der Waals surface area contributed by atoms with E-state index < -0.39 is 6.10 Å². The number of nitrogens with zero attached hydrogens (tertiary/aromatic N) is 2. The molecule has 0 unspecified atom stereocenters. The summed E-state index contributed by atoms with van der Waals surface area (Å²) >= 11 is 5.84. The average Bonchev–Trinajstić information content (AvgIpc) is 2.78. The molecule has 130 valence electrons. The molecule has 1 heterocycles. The number of hydrogen-bond acceptors (Lipinski definition) is 3. The van der Waals surface area contributed by atoms with Crippen molar-refractivity contribution in [2.24, 2.45) is 7.05 Å². The van der Waals surface area contributed by atoms with E-state index in [1.54, 1.807) is 24.3 Å². The number of aryl methyl sites for hydroxylation is 2. The van der Waals surface area contributed by atoms with Crippen LogP contribution in [0.25, 0.3) is 0 Å². The number of benzene rings is 1. The Kier molecular flexibility index (Phi) is 6.02. The van der Waals surface area contributed by atoms with Gasteiger partial charge in [0.25, 0.3) is 0 Å². The number of hydrogen-bond donors (Lipinski definition) is 2. The molecule has 6 heteroatoms. The van der Waals surface area contributed by atoms with Crippen LogP contribution in [-0.2, 0) is 11.8 Å². The largest absolute Gasteiger partial charge is 0.388 e. The lowest BCUT2D eigenvalue weighted by Gasteiger charge is -2.19. The third-order valence-electron chi connectivity index (χ3n) is 4.29. The minimum atomic E-state index is -0.851. The molecule has 0 bridgehead atoms. The molecule has 0 aliphatic heterocycles. The van der Waals surface area contributed by atoms with Crippen molar-refractivity contribution >= 4 is 17.5 Å². The van der Waals surface area contributed by atoms with Gasteiger partial charge in [0, 0.05) is 23.3 Å². The van der Waals surface area contributed by atoms with Crippen LogP contribution in [0.15, 0.2) is 24.3 Å². The van der Waals surface area contributed by atoms with Gasteiger partial charge in [0.15, 0.2) is 0 Å². The van der Waals surface area contributed by atoms with Gasteiger partial charge in [-0.3, -0.25) is 9.48 Å². The van der Waals surface area contributed by atoms with Crippen LogP contribution in [-0.4, -0.2) is 20.8 Å². The van der Waals surface area contributed by atoms with Gasteiger partial charge in [-0.1, -0.05) is 30.7 Å². The predicted octanol–water partition coefficient (Wildman–Crippen LogP) is 3.38. The molecule has 2 aromatic rings. The number of aliphatic hydroxyl groups excluding tert-OH is 1. The molecule has 1 amide bonds. The molecule has 24 heavy (non-hydrogen) atoms. The monoisotopic (exact) mass is 349 g/mol. The van der Waals surface area contributed by atoms with E-state index in [1.165, 1.54) is 0 Å². The Morgan fingerprint density at radius 3 is 2.46 bits per heavy atom. The van der Waals surface area contributed by atoms with E-state index in [4.69, 9.17) is 11.6 Å². The fourth-order valence-corrected chi connectivity index (χ4v) is 3.03. The van der Waals surface area contributed by atoms with E-state index in [-0.39, 0.29) is 18.4 Å². The molecule has 5 nitrogen and oxygen atoms in total. The van der Waals surface area contributed by atoms with Gasteiger partial charge in [0.1, 0.15) is 0 Å². The number of rotatable bonds is 6. The van der Waals surface area contributed by atoms with Crippen LogP contribution < -0.4 is 5.32 Å². The van der Waals surface area contributed by atoms with E-state index in [1.807, 2.05) is 32.5 Å². The highest BCUT2D eigenvalue weighted by Crippen LogP contribution is 2.25. The summed E-state index contributed by atoms with van der Waals surface area (Å²) in [5, 5.41) is 18.3. The van der Waals surface area contributed by atoms with Crippen LogP contribution in [0.3, 0.4) is 0 Å². The quantitative estimate of drug-likeness (QED) is 0.840. The standard InChI is InChI=1S/C18H24ClN3O2/c1-5-15(18-11(2)21-22(4)12(18)3)20-17(24)10-16(23)13-6-8-14(19)9-7-13/h6-9,15-16,23H,5,10H2,1-4H3,(H,20,24)/t15-,16+/m0/s1. The minimum absolute atomic E-state index is 0.0104. The number of carbonyl (C=O) groups is 1.